The molecule has 1 saturated heterocycles. The number of hydrogen-bond donors (Lipinski definition) is 0. The van der Waals surface area contributed by atoms with E-state index in [2.05, 4.69) is 0 Å². The van der Waals surface area contributed by atoms with E-state index in [1.807, 2.05) is 13.8 Å². The van der Waals surface area contributed by atoms with E-state index in [0.29, 0.717) is 0 Å². The van der Waals surface area contributed by atoms with Gasteiger partial charge in [-0.1, -0.05) is 0 Å². The standard InChI is InChI=1S/C6H11FO2/c1-4-5(2)9-6(3-7)8-4/h4-6H,3H2,1-2H3. The Morgan fingerprint density at radius 2 is 1.67 bits per heavy atom. The smallest absolute Gasteiger partial charge is 0.186 e. The minimum atomic E-state index is -0.616. The summed E-state index contributed by atoms with van der Waals surface area (Å²) in [6.07, 6.45) is -0.550. The zero-order valence-corrected chi connectivity index (χ0v) is 5.63. The lowest BCUT2D eigenvalue weighted by Crippen LogP contribution is -2.13. The summed E-state index contributed by atoms with van der Waals surface area (Å²) < 4.78 is 21.8. The summed E-state index contributed by atoms with van der Waals surface area (Å²) in [6, 6.07) is 0. The fourth-order valence-corrected chi connectivity index (χ4v) is 0.805. The van der Waals surface area contributed by atoms with Crippen molar-refractivity contribution in [3.8, 4) is 0 Å². The molecule has 0 bridgehead atoms. The quantitative estimate of drug-likeness (QED) is 0.534. The van der Waals surface area contributed by atoms with Crippen molar-refractivity contribution in [2.75, 3.05) is 6.67 Å². The maximum Gasteiger partial charge on any atom is 0.186 e. The molecule has 3 heteroatoms. The topological polar surface area (TPSA) is 18.5 Å². The summed E-state index contributed by atoms with van der Waals surface area (Å²) >= 11 is 0. The molecule has 0 N–H and O–H groups in total. The third kappa shape index (κ3) is 1.40. The first kappa shape index (κ1) is 6.96. The van der Waals surface area contributed by atoms with Gasteiger partial charge in [-0.25, -0.2) is 4.39 Å². The molecule has 1 aliphatic heterocycles. The molecule has 0 aromatic rings. The highest BCUT2D eigenvalue weighted by Gasteiger charge is 2.28. The Morgan fingerprint density at radius 3 is 1.89 bits per heavy atom. The van der Waals surface area contributed by atoms with Crippen molar-refractivity contribution in [2.24, 2.45) is 0 Å². The van der Waals surface area contributed by atoms with E-state index < -0.39 is 13.0 Å². The molecular weight excluding hydrogens is 123 g/mol. The molecule has 2 atom stereocenters. The molecule has 1 rings (SSSR count). The third-order valence-corrected chi connectivity index (χ3v) is 1.52. The zero-order valence-electron chi connectivity index (χ0n) is 5.63. The lowest BCUT2D eigenvalue weighted by atomic mass is 10.3. The first-order chi connectivity index (χ1) is 4.24. The Balaban J connectivity index is 2.35. The van der Waals surface area contributed by atoms with Gasteiger partial charge in [0.25, 0.3) is 0 Å². The predicted octanol–water partition coefficient (Wildman–Crippen LogP) is 1.11. The van der Waals surface area contributed by atoms with Crippen LogP contribution in [-0.2, 0) is 9.47 Å². The second kappa shape index (κ2) is 2.62. The van der Waals surface area contributed by atoms with Crippen molar-refractivity contribution in [2.45, 2.75) is 32.3 Å². The van der Waals surface area contributed by atoms with Crippen LogP contribution in [0, 0.1) is 0 Å². The third-order valence-electron chi connectivity index (χ3n) is 1.52. The van der Waals surface area contributed by atoms with Crippen molar-refractivity contribution < 1.29 is 13.9 Å². The van der Waals surface area contributed by atoms with Gasteiger partial charge in [-0.05, 0) is 13.8 Å². The van der Waals surface area contributed by atoms with Crippen LogP contribution < -0.4 is 0 Å². The van der Waals surface area contributed by atoms with E-state index in [0.717, 1.165) is 0 Å². The molecule has 1 heterocycles. The number of rotatable bonds is 1. The summed E-state index contributed by atoms with van der Waals surface area (Å²) in [7, 11) is 0. The summed E-state index contributed by atoms with van der Waals surface area (Å²) in [6.45, 7) is 3.20. The second-order valence-corrected chi connectivity index (χ2v) is 2.27. The van der Waals surface area contributed by atoms with Crippen LogP contribution in [0.15, 0.2) is 0 Å². The number of hydrogen-bond acceptors (Lipinski definition) is 2. The van der Waals surface area contributed by atoms with Crippen molar-refractivity contribution in [3.05, 3.63) is 0 Å². The Bertz CT molecular complexity index is 87.1. The van der Waals surface area contributed by atoms with Crippen molar-refractivity contribution in [3.63, 3.8) is 0 Å². The molecule has 54 valence electrons. The van der Waals surface area contributed by atoms with E-state index in [9.17, 15) is 4.39 Å². The normalized spacial score (nSPS) is 43.7. The molecule has 0 aromatic heterocycles. The molecule has 2 nitrogen and oxygen atoms in total. The number of alkyl halides is 1. The molecular formula is C6H11FO2. The van der Waals surface area contributed by atoms with E-state index in [-0.39, 0.29) is 12.2 Å². The van der Waals surface area contributed by atoms with Gasteiger partial charge in [0.15, 0.2) is 6.29 Å². The Kier molecular flexibility index (Phi) is 2.03. The fraction of sp³-hybridized carbons (Fsp3) is 1.00. The van der Waals surface area contributed by atoms with Crippen LogP contribution >= 0.6 is 0 Å². The van der Waals surface area contributed by atoms with Gasteiger partial charge in [0, 0.05) is 0 Å². The molecule has 2 unspecified atom stereocenters. The molecule has 0 aliphatic carbocycles. The first-order valence-electron chi connectivity index (χ1n) is 3.11. The highest BCUT2D eigenvalue weighted by molar-refractivity contribution is 4.68. The molecule has 0 radical (unpaired) electrons. The Hall–Kier alpha value is -0.150. The maximum absolute atomic E-state index is 11.8. The van der Waals surface area contributed by atoms with Gasteiger partial charge in [0.1, 0.15) is 6.67 Å². The minimum Gasteiger partial charge on any atom is -0.344 e. The molecule has 0 spiro atoms. The summed E-state index contributed by atoms with van der Waals surface area (Å²) in [5.74, 6) is 0. The lowest BCUT2D eigenvalue weighted by Gasteiger charge is -2.02. The first-order valence-corrected chi connectivity index (χ1v) is 3.11. The van der Waals surface area contributed by atoms with Crippen LogP contribution in [-0.4, -0.2) is 25.2 Å². The van der Waals surface area contributed by atoms with Crippen molar-refractivity contribution >= 4 is 0 Å². The van der Waals surface area contributed by atoms with Gasteiger partial charge < -0.3 is 9.47 Å². The molecule has 1 fully saturated rings. The molecule has 0 saturated carbocycles. The lowest BCUT2D eigenvalue weighted by molar-refractivity contribution is -0.0750. The van der Waals surface area contributed by atoms with E-state index in [1.165, 1.54) is 0 Å². The second-order valence-electron chi connectivity index (χ2n) is 2.27. The summed E-state index contributed by atoms with van der Waals surface area (Å²) in [5, 5.41) is 0. The highest BCUT2D eigenvalue weighted by Crippen LogP contribution is 2.17. The van der Waals surface area contributed by atoms with E-state index in [4.69, 9.17) is 9.47 Å². The van der Waals surface area contributed by atoms with Gasteiger partial charge in [0.05, 0.1) is 12.2 Å². The minimum absolute atomic E-state index is 0.0331. The number of halogens is 1. The van der Waals surface area contributed by atoms with Gasteiger partial charge in [-0.3, -0.25) is 0 Å². The van der Waals surface area contributed by atoms with Crippen molar-refractivity contribution in [1.82, 2.24) is 0 Å². The van der Waals surface area contributed by atoms with Gasteiger partial charge in [0.2, 0.25) is 0 Å². The Morgan fingerprint density at radius 1 is 1.22 bits per heavy atom. The maximum atomic E-state index is 11.8. The highest BCUT2D eigenvalue weighted by atomic mass is 19.1. The molecule has 0 aromatic carbocycles. The van der Waals surface area contributed by atoms with E-state index in [1.54, 1.807) is 0 Å². The monoisotopic (exact) mass is 134 g/mol. The molecule has 1 aliphatic rings. The van der Waals surface area contributed by atoms with Crippen LogP contribution in [0.25, 0.3) is 0 Å². The van der Waals surface area contributed by atoms with Gasteiger partial charge >= 0.3 is 0 Å². The van der Waals surface area contributed by atoms with Crippen LogP contribution in [0.2, 0.25) is 0 Å². The van der Waals surface area contributed by atoms with Crippen molar-refractivity contribution in [1.29, 1.82) is 0 Å². The largest absolute Gasteiger partial charge is 0.344 e. The SMILES string of the molecule is CC1OC(CF)OC1C. The average molecular weight is 134 g/mol. The predicted molar refractivity (Wildman–Crippen MR) is 30.9 cm³/mol. The van der Waals surface area contributed by atoms with Crippen LogP contribution in [0.1, 0.15) is 13.8 Å². The van der Waals surface area contributed by atoms with Gasteiger partial charge in [-0.2, -0.15) is 0 Å². The van der Waals surface area contributed by atoms with Crippen LogP contribution in [0.4, 0.5) is 4.39 Å². The molecule has 9 heavy (non-hydrogen) atoms. The van der Waals surface area contributed by atoms with Crippen LogP contribution in [0.5, 0.6) is 0 Å². The zero-order chi connectivity index (χ0) is 6.85. The average Bonchev–Trinajstić information content (AvgIpc) is 2.13. The number of ether oxygens (including phenoxy) is 2. The molecule has 0 amide bonds. The van der Waals surface area contributed by atoms with Gasteiger partial charge in [-0.15, -0.1) is 0 Å². The summed E-state index contributed by atoms with van der Waals surface area (Å²) in [4.78, 5) is 0. The Labute approximate surface area is 54.0 Å². The summed E-state index contributed by atoms with van der Waals surface area (Å²) in [5.41, 5.74) is 0. The fourth-order valence-electron chi connectivity index (χ4n) is 0.805. The van der Waals surface area contributed by atoms with Crippen LogP contribution in [0.3, 0.4) is 0 Å². The van der Waals surface area contributed by atoms with E-state index >= 15 is 0 Å².